The van der Waals surface area contributed by atoms with Gasteiger partial charge in [-0.3, -0.25) is 13.8 Å². The Balaban J connectivity index is 1.22. The van der Waals surface area contributed by atoms with Crippen molar-refractivity contribution in [3.05, 3.63) is 47.7 Å². The van der Waals surface area contributed by atoms with Crippen molar-refractivity contribution < 1.29 is 19.1 Å². The largest absolute Gasteiger partial charge is 0.465 e. The van der Waals surface area contributed by atoms with Crippen molar-refractivity contribution in [3.8, 4) is 11.1 Å². The van der Waals surface area contributed by atoms with Gasteiger partial charge in [-0.15, -0.1) is 0 Å². The zero-order valence-electron chi connectivity index (χ0n) is 26.4. The highest BCUT2D eigenvalue weighted by molar-refractivity contribution is 6.03. The van der Waals surface area contributed by atoms with Gasteiger partial charge in [0.05, 0.1) is 19.5 Å². The molecule has 11 nitrogen and oxygen atoms in total. The van der Waals surface area contributed by atoms with Crippen LogP contribution in [-0.4, -0.2) is 53.6 Å². The van der Waals surface area contributed by atoms with Gasteiger partial charge in [-0.1, -0.05) is 0 Å². The third kappa shape index (κ3) is 4.95. The molecule has 4 heterocycles. The number of aromatic nitrogens is 6. The summed E-state index contributed by atoms with van der Waals surface area (Å²) in [6, 6.07) is 1.90. The highest BCUT2D eigenvalue weighted by Gasteiger charge is 2.51. The Bertz CT molecular complexity index is 1740. The maximum absolute atomic E-state index is 13.3. The summed E-state index contributed by atoms with van der Waals surface area (Å²) in [4.78, 5) is 30.8. The molecule has 0 atom stereocenters. The highest BCUT2D eigenvalue weighted by atomic mass is 16.6. The quantitative estimate of drug-likeness (QED) is 0.259. The van der Waals surface area contributed by atoms with Crippen LogP contribution in [0.3, 0.4) is 0 Å². The van der Waals surface area contributed by atoms with Gasteiger partial charge in [-0.2, -0.15) is 10.2 Å². The number of imidazole rings is 1. The van der Waals surface area contributed by atoms with Crippen molar-refractivity contribution in [2.75, 3.05) is 12.4 Å². The number of hydrogen-bond donors (Lipinski definition) is 1. The molecule has 4 aromatic heterocycles. The Kier molecular flexibility index (Phi) is 6.64. The number of aryl methyl sites for hydroxylation is 1. The van der Waals surface area contributed by atoms with E-state index in [1.807, 2.05) is 39.2 Å². The summed E-state index contributed by atoms with van der Waals surface area (Å²) in [6.45, 7) is 8.48. The summed E-state index contributed by atoms with van der Waals surface area (Å²) >= 11 is 0. The second-order valence-corrected chi connectivity index (χ2v) is 14.3. The molecule has 1 N–H and O–H groups in total. The number of pyridine rings is 1. The van der Waals surface area contributed by atoms with E-state index in [1.165, 1.54) is 45.6 Å². The zero-order chi connectivity index (χ0) is 31.0. The van der Waals surface area contributed by atoms with Crippen LogP contribution in [0.4, 0.5) is 11.6 Å². The van der Waals surface area contributed by atoms with Crippen molar-refractivity contribution in [1.29, 1.82) is 0 Å². The molecule has 8 rings (SSSR count). The van der Waals surface area contributed by atoms with Gasteiger partial charge < -0.3 is 14.8 Å². The van der Waals surface area contributed by atoms with E-state index in [9.17, 15) is 9.59 Å². The molecular formula is C33H41N7O4. The summed E-state index contributed by atoms with van der Waals surface area (Å²) in [7, 11) is 3.11. The molecule has 4 aliphatic carbocycles. The zero-order valence-corrected chi connectivity index (χ0v) is 26.4. The van der Waals surface area contributed by atoms with Crippen LogP contribution in [0.25, 0.3) is 16.8 Å². The Labute approximate surface area is 256 Å². The fourth-order valence-corrected chi connectivity index (χ4v) is 8.53. The molecule has 0 aliphatic heterocycles. The third-order valence-electron chi connectivity index (χ3n) is 9.81. The number of nitrogens with one attached hydrogen (secondary N) is 1. The number of ether oxygens (including phenoxy) is 2. The molecule has 44 heavy (non-hydrogen) atoms. The Morgan fingerprint density at radius 3 is 2.36 bits per heavy atom. The fourth-order valence-electron chi connectivity index (χ4n) is 8.53. The second-order valence-electron chi connectivity index (χ2n) is 14.3. The fraction of sp³-hybridized carbons (Fsp3) is 0.545. The van der Waals surface area contributed by atoms with E-state index >= 15 is 0 Å². The molecule has 0 unspecified atom stereocenters. The molecule has 4 saturated carbocycles. The maximum Gasteiger partial charge on any atom is 0.344 e. The maximum atomic E-state index is 13.3. The summed E-state index contributed by atoms with van der Waals surface area (Å²) in [5.41, 5.74) is 3.43. The molecule has 4 aromatic rings. The molecular weight excluding hydrogens is 558 g/mol. The molecule has 0 aromatic carbocycles. The molecule has 4 fully saturated rings. The summed E-state index contributed by atoms with van der Waals surface area (Å²) < 4.78 is 16.3. The average molecular weight is 600 g/mol. The number of hydrogen-bond acceptors (Lipinski definition) is 8. The number of rotatable bonds is 7. The first-order chi connectivity index (χ1) is 20.9. The van der Waals surface area contributed by atoms with Crippen molar-refractivity contribution in [3.63, 3.8) is 0 Å². The van der Waals surface area contributed by atoms with Crippen LogP contribution in [0.1, 0.15) is 85.7 Å². The van der Waals surface area contributed by atoms with Gasteiger partial charge >= 0.3 is 11.9 Å². The number of nitrogens with zero attached hydrogens (tertiary/aromatic N) is 6. The molecule has 232 valence electrons. The van der Waals surface area contributed by atoms with Gasteiger partial charge in [-0.05, 0) is 95.5 Å². The van der Waals surface area contributed by atoms with Gasteiger partial charge in [0.1, 0.15) is 22.5 Å². The lowest BCUT2D eigenvalue weighted by Gasteiger charge is -2.56. The van der Waals surface area contributed by atoms with Gasteiger partial charge in [0.2, 0.25) is 0 Å². The summed E-state index contributed by atoms with van der Waals surface area (Å²) in [5.74, 6) is 2.52. The van der Waals surface area contributed by atoms with Crippen LogP contribution in [0.15, 0.2) is 30.9 Å². The first kappa shape index (κ1) is 28.6. The van der Waals surface area contributed by atoms with E-state index in [0.29, 0.717) is 33.8 Å². The summed E-state index contributed by atoms with van der Waals surface area (Å²) in [5, 5.41) is 12.5. The predicted molar refractivity (Wildman–Crippen MR) is 165 cm³/mol. The molecule has 4 aliphatic rings. The van der Waals surface area contributed by atoms with E-state index in [0.717, 1.165) is 41.1 Å². The Hall–Kier alpha value is -4.15. The standard InChI is InChI=1S/C33H41N7O4/c1-19-24(15-35-40(19)18-33-12-20-9-21(13-33)11-22(10-20)14-33)23-7-8-39-26(16-34-29(39)27(23)31(42)43-6)36-28-25(17-38(5)37-28)30(41)44-32(2,3)4/h7-8,15-17,20-22H,9-14,18H2,1-6H3,(H,36,37). The number of anilines is 2. The second kappa shape index (κ2) is 10.2. The number of methoxy groups -OCH3 is 1. The lowest BCUT2D eigenvalue weighted by Crippen LogP contribution is -2.48. The number of carbonyl (C=O) groups excluding carboxylic acids is 2. The van der Waals surface area contributed by atoms with E-state index in [4.69, 9.17) is 14.6 Å². The molecule has 4 bridgehead atoms. The highest BCUT2D eigenvalue weighted by Crippen LogP contribution is 2.60. The SMILES string of the molecule is COC(=O)c1c(-c2cnn(CC34CC5CC(CC(C5)C3)C4)c2C)ccn2c(Nc3nn(C)cc3C(=O)OC(C)(C)C)cnc12. The molecule has 0 amide bonds. The van der Waals surface area contributed by atoms with Crippen molar-refractivity contribution >= 4 is 29.2 Å². The number of fused-ring (bicyclic) bond motifs is 1. The minimum atomic E-state index is -0.652. The Morgan fingerprint density at radius 2 is 1.73 bits per heavy atom. The van der Waals surface area contributed by atoms with Crippen LogP contribution in [0.5, 0.6) is 0 Å². The minimum absolute atomic E-state index is 0.296. The normalized spacial score (nSPS) is 24.2. The monoisotopic (exact) mass is 599 g/mol. The van der Waals surface area contributed by atoms with E-state index in [1.54, 1.807) is 28.5 Å². The third-order valence-corrected chi connectivity index (χ3v) is 9.81. The lowest BCUT2D eigenvalue weighted by atomic mass is 9.49. The van der Waals surface area contributed by atoms with Crippen molar-refractivity contribution in [2.45, 2.75) is 78.4 Å². The first-order valence-corrected chi connectivity index (χ1v) is 15.6. The molecule has 0 spiro atoms. The van der Waals surface area contributed by atoms with Gasteiger partial charge in [0.15, 0.2) is 11.5 Å². The molecule has 0 saturated heterocycles. The van der Waals surface area contributed by atoms with Crippen molar-refractivity contribution in [2.24, 2.45) is 30.2 Å². The van der Waals surface area contributed by atoms with Crippen LogP contribution in [0, 0.1) is 30.1 Å². The summed E-state index contributed by atoms with van der Waals surface area (Å²) in [6.07, 6.45) is 15.1. The number of esters is 2. The first-order valence-electron chi connectivity index (χ1n) is 15.6. The molecule has 11 heteroatoms. The Morgan fingerprint density at radius 1 is 1.05 bits per heavy atom. The van der Waals surface area contributed by atoms with Crippen LogP contribution in [0.2, 0.25) is 0 Å². The number of carbonyl (C=O) groups is 2. The topological polar surface area (TPSA) is 118 Å². The van der Waals surface area contributed by atoms with E-state index < -0.39 is 17.5 Å². The van der Waals surface area contributed by atoms with Crippen molar-refractivity contribution in [1.82, 2.24) is 28.9 Å². The van der Waals surface area contributed by atoms with Crippen LogP contribution >= 0.6 is 0 Å². The van der Waals surface area contributed by atoms with Gasteiger partial charge in [0, 0.05) is 42.8 Å². The lowest BCUT2D eigenvalue weighted by molar-refractivity contribution is -0.0638. The van der Waals surface area contributed by atoms with E-state index in [2.05, 4.69) is 27.0 Å². The van der Waals surface area contributed by atoms with Crippen LogP contribution in [-0.2, 0) is 23.1 Å². The average Bonchev–Trinajstić information content (AvgIpc) is 3.63. The minimum Gasteiger partial charge on any atom is -0.465 e. The van der Waals surface area contributed by atoms with Gasteiger partial charge in [0.25, 0.3) is 0 Å². The van der Waals surface area contributed by atoms with Crippen LogP contribution < -0.4 is 5.32 Å². The van der Waals surface area contributed by atoms with E-state index in [-0.39, 0.29) is 0 Å². The molecule has 0 radical (unpaired) electrons. The van der Waals surface area contributed by atoms with Gasteiger partial charge in [-0.25, -0.2) is 14.6 Å². The smallest absolute Gasteiger partial charge is 0.344 e. The predicted octanol–water partition coefficient (Wildman–Crippen LogP) is 5.94.